The summed E-state index contributed by atoms with van der Waals surface area (Å²) in [6.45, 7) is 4.57. The fraction of sp³-hybridized carbons (Fsp3) is 0.857. The minimum Gasteiger partial charge on any atom is -0.481 e. The average molecular weight is 268 g/mol. The third kappa shape index (κ3) is 2.85. The van der Waals surface area contributed by atoms with Crippen LogP contribution in [0.5, 0.6) is 0 Å². The van der Waals surface area contributed by atoms with Crippen LogP contribution in [0.3, 0.4) is 0 Å². The van der Waals surface area contributed by atoms with Gasteiger partial charge in [-0.1, -0.05) is 19.8 Å². The van der Waals surface area contributed by atoms with Crippen LogP contribution in [0.1, 0.15) is 52.4 Å². The fourth-order valence-electron chi connectivity index (χ4n) is 3.11. The van der Waals surface area contributed by atoms with Gasteiger partial charge in [0.25, 0.3) is 0 Å². The van der Waals surface area contributed by atoms with Crippen molar-refractivity contribution >= 4 is 12.0 Å². The fourth-order valence-corrected chi connectivity index (χ4v) is 3.11. The molecule has 2 fully saturated rings. The van der Waals surface area contributed by atoms with Crippen molar-refractivity contribution in [2.45, 2.75) is 58.4 Å². The van der Waals surface area contributed by atoms with E-state index in [4.69, 9.17) is 0 Å². The molecular formula is C14H24N2O3. The second-order valence-electron chi connectivity index (χ2n) is 6.66. The van der Waals surface area contributed by atoms with Crippen molar-refractivity contribution in [2.75, 3.05) is 6.54 Å². The molecule has 2 atom stereocenters. The maximum absolute atomic E-state index is 11.9. The first-order valence-corrected chi connectivity index (χ1v) is 7.14. The Morgan fingerprint density at radius 2 is 1.89 bits per heavy atom. The molecule has 2 rings (SSSR count). The Morgan fingerprint density at radius 1 is 1.21 bits per heavy atom. The molecule has 19 heavy (non-hydrogen) atoms. The molecule has 0 heterocycles. The van der Waals surface area contributed by atoms with Gasteiger partial charge in [0.2, 0.25) is 0 Å². The van der Waals surface area contributed by atoms with Crippen LogP contribution in [-0.4, -0.2) is 29.7 Å². The van der Waals surface area contributed by atoms with Gasteiger partial charge >= 0.3 is 12.0 Å². The summed E-state index contributed by atoms with van der Waals surface area (Å²) in [6, 6.07) is -0.494. The molecule has 3 N–H and O–H groups in total. The van der Waals surface area contributed by atoms with Gasteiger partial charge in [0, 0.05) is 12.6 Å². The van der Waals surface area contributed by atoms with Gasteiger partial charge in [-0.3, -0.25) is 4.79 Å². The van der Waals surface area contributed by atoms with E-state index in [9.17, 15) is 14.7 Å². The molecule has 2 aliphatic rings. The summed E-state index contributed by atoms with van der Waals surface area (Å²) < 4.78 is 0. The average Bonchev–Trinajstić information content (AvgIpc) is 2.67. The van der Waals surface area contributed by atoms with Gasteiger partial charge in [0.05, 0.1) is 5.41 Å². The smallest absolute Gasteiger partial charge is 0.315 e. The number of urea groups is 1. The molecule has 2 unspecified atom stereocenters. The predicted molar refractivity (Wildman–Crippen MR) is 71.9 cm³/mol. The number of nitrogens with one attached hydrogen (secondary N) is 2. The Bertz CT molecular complexity index is 379. The summed E-state index contributed by atoms with van der Waals surface area (Å²) in [5, 5.41) is 15.0. The molecule has 0 spiro atoms. The van der Waals surface area contributed by atoms with Crippen molar-refractivity contribution < 1.29 is 14.7 Å². The van der Waals surface area contributed by atoms with E-state index in [1.165, 1.54) is 6.42 Å². The Balaban J connectivity index is 1.83. The van der Waals surface area contributed by atoms with E-state index in [2.05, 4.69) is 17.6 Å². The number of carbonyl (C=O) groups is 2. The van der Waals surface area contributed by atoms with Gasteiger partial charge in [-0.2, -0.15) is 0 Å². The van der Waals surface area contributed by atoms with Crippen molar-refractivity contribution in [2.24, 2.45) is 10.8 Å². The second kappa shape index (κ2) is 5.02. The highest BCUT2D eigenvalue weighted by Crippen LogP contribution is 2.40. The lowest BCUT2D eigenvalue weighted by Gasteiger charge is -2.38. The second-order valence-corrected chi connectivity index (χ2v) is 6.66. The zero-order valence-corrected chi connectivity index (χ0v) is 11.8. The Kier molecular flexibility index (Phi) is 3.74. The quantitative estimate of drug-likeness (QED) is 0.730. The number of amides is 2. The van der Waals surface area contributed by atoms with Gasteiger partial charge in [0.1, 0.15) is 0 Å². The van der Waals surface area contributed by atoms with Crippen LogP contribution in [0.25, 0.3) is 0 Å². The molecule has 5 heteroatoms. The van der Waals surface area contributed by atoms with Crippen LogP contribution in [0.4, 0.5) is 4.79 Å². The highest BCUT2D eigenvalue weighted by molar-refractivity contribution is 5.79. The largest absolute Gasteiger partial charge is 0.481 e. The summed E-state index contributed by atoms with van der Waals surface area (Å²) in [5.74, 6) is -0.818. The summed E-state index contributed by atoms with van der Waals surface area (Å²) >= 11 is 0. The number of carbonyl (C=O) groups excluding carboxylic acids is 1. The van der Waals surface area contributed by atoms with Gasteiger partial charge in [-0.25, -0.2) is 4.79 Å². The highest BCUT2D eigenvalue weighted by Gasteiger charge is 2.46. The van der Waals surface area contributed by atoms with E-state index in [1.54, 1.807) is 6.92 Å². The van der Waals surface area contributed by atoms with E-state index in [0.717, 1.165) is 25.7 Å². The number of hydrogen-bond acceptors (Lipinski definition) is 2. The number of aliphatic carboxylic acids is 1. The Labute approximate surface area is 114 Å². The maximum Gasteiger partial charge on any atom is 0.315 e. The lowest BCUT2D eigenvalue weighted by atomic mass is 9.70. The molecule has 2 amide bonds. The van der Waals surface area contributed by atoms with E-state index < -0.39 is 11.4 Å². The van der Waals surface area contributed by atoms with Crippen LogP contribution in [-0.2, 0) is 4.79 Å². The topological polar surface area (TPSA) is 78.4 Å². The van der Waals surface area contributed by atoms with Crippen LogP contribution < -0.4 is 10.6 Å². The van der Waals surface area contributed by atoms with Gasteiger partial charge < -0.3 is 15.7 Å². The van der Waals surface area contributed by atoms with Gasteiger partial charge in [-0.05, 0) is 38.0 Å². The SMILES string of the molecule is CC1(CNC(=O)NC2CCCC2(C)C(=O)O)CCC1. The van der Waals surface area contributed by atoms with Crippen LogP contribution in [0.15, 0.2) is 0 Å². The zero-order chi connectivity index (χ0) is 14.1. The molecule has 0 aromatic rings. The first-order valence-electron chi connectivity index (χ1n) is 7.14. The molecule has 0 aromatic heterocycles. The summed E-state index contributed by atoms with van der Waals surface area (Å²) in [5.41, 5.74) is -0.583. The van der Waals surface area contributed by atoms with E-state index >= 15 is 0 Å². The van der Waals surface area contributed by atoms with Crippen molar-refractivity contribution in [3.05, 3.63) is 0 Å². The van der Waals surface area contributed by atoms with Crippen LogP contribution in [0.2, 0.25) is 0 Å². The monoisotopic (exact) mass is 268 g/mol. The number of carboxylic acids is 1. The minimum absolute atomic E-state index is 0.229. The van der Waals surface area contributed by atoms with E-state index in [-0.39, 0.29) is 17.5 Å². The Hall–Kier alpha value is -1.26. The maximum atomic E-state index is 11.9. The Morgan fingerprint density at radius 3 is 2.42 bits per heavy atom. The van der Waals surface area contributed by atoms with E-state index in [1.807, 2.05) is 0 Å². The van der Waals surface area contributed by atoms with Crippen LogP contribution >= 0.6 is 0 Å². The van der Waals surface area contributed by atoms with Crippen LogP contribution in [0, 0.1) is 10.8 Å². The molecule has 5 nitrogen and oxygen atoms in total. The van der Waals surface area contributed by atoms with Crippen molar-refractivity contribution in [3.63, 3.8) is 0 Å². The molecule has 0 bridgehead atoms. The lowest BCUT2D eigenvalue weighted by Crippen LogP contribution is -2.52. The molecule has 2 saturated carbocycles. The molecule has 0 aromatic carbocycles. The van der Waals surface area contributed by atoms with E-state index in [0.29, 0.717) is 13.0 Å². The molecule has 0 aliphatic heterocycles. The first-order chi connectivity index (χ1) is 8.86. The highest BCUT2D eigenvalue weighted by atomic mass is 16.4. The molecule has 0 radical (unpaired) electrons. The molecule has 2 aliphatic carbocycles. The number of rotatable bonds is 4. The number of carboxylic acid groups (broad SMARTS) is 1. The molecule has 0 saturated heterocycles. The third-order valence-electron chi connectivity index (χ3n) is 4.99. The number of hydrogen-bond donors (Lipinski definition) is 3. The van der Waals surface area contributed by atoms with Gasteiger partial charge in [-0.15, -0.1) is 0 Å². The third-order valence-corrected chi connectivity index (χ3v) is 4.99. The van der Waals surface area contributed by atoms with Crippen molar-refractivity contribution in [1.29, 1.82) is 0 Å². The molecular weight excluding hydrogens is 244 g/mol. The standard InChI is InChI=1S/C14H24N2O3/c1-13(6-4-7-13)9-15-12(19)16-10-5-3-8-14(10,2)11(17)18/h10H,3-9H2,1-2H3,(H,17,18)(H2,15,16,19). The van der Waals surface area contributed by atoms with Crippen molar-refractivity contribution in [3.8, 4) is 0 Å². The normalized spacial score (nSPS) is 32.4. The first kappa shape index (κ1) is 14.2. The lowest BCUT2D eigenvalue weighted by molar-refractivity contribution is -0.148. The summed E-state index contributed by atoms with van der Waals surface area (Å²) in [4.78, 5) is 23.2. The van der Waals surface area contributed by atoms with Gasteiger partial charge in [0.15, 0.2) is 0 Å². The predicted octanol–water partition coefficient (Wildman–Crippen LogP) is 2.12. The minimum atomic E-state index is -0.822. The summed E-state index contributed by atoms with van der Waals surface area (Å²) in [7, 11) is 0. The summed E-state index contributed by atoms with van der Waals surface area (Å²) in [6.07, 6.45) is 5.77. The van der Waals surface area contributed by atoms with Crippen molar-refractivity contribution in [1.82, 2.24) is 10.6 Å². The zero-order valence-electron chi connectivity index (χ0n) is 11.8. The molecule has 108 valence electrons.